The van der Waals surface area contributed by atoms with E-state index < -0.39 is 0 Å². The monoisotopic (exact) mass is 666 g/mol. The molecule has 0 bridgehead atoms. The maximum Gasteiger partial charge on any atom is 0.0543 e. The number of anilines is 3. The fourth-order valence-electron chi connectivity index (χ4n) is 7.54. The third kappa shape index (κ3) is 5.75. The minimum atomic E-state index is 1.10. The van der Waals surface area contributed by atoms with E-state index in [1.165, 1.54) is 66.4 Å². The molecule has 0 amide bonds. The van der Waals surface area contributed by atoms with E-state index in [0.29, 0.717) is 0 Å². The van der Waals surface area contributed by atoms with E-state index in [2.05, 4.69) is 217 Å². The Morgan fingerprint density at radius 1 is 0.346 bits per heavy atom. The summed E-state index contributed by atoms with van der Waals surface area (Å²) in [5, 5.41) is 2.54. The van der Waals surface area contributed by atoms with Crippen LogP contribution in [-0.4, -0.2) is 4.57 Å². The molecule has 248 valence electrons. The largest absolute Gasteiger partial charge is 0.310 e. The Labute approximate surface area is 305 Å². The molecular formula is C50H38N2. The van der Waals surface area contributed by atoms with Crippen molar-refractivity contribution < 1.29 is 0 Å². The molecule has 0 saturated carbocycles. The first-order valence-corrected chi connectivity index (χ1v) is 17.9. The molecule has 0 spiro atoms. The Hall–Kier alpha value is -6.64. The maximum absolute atomic E-state index is 2.45. The molecule has 52 heavy (non-hydrogen) atoms. The zero-order valence-corrected chi connectivity index (χ0v) is 29.4. The van der Waals surface area contributed by atoms with Gasteiger partial charge in [0.1, 0.15) is 0 Å². The Balaban J connectivity index is 1.19. The van der Waals surface area contributed by atoms with E-state index in [1.54, 1.807) is 0 Å². The third-order valence-electron chi connectivity index (χ3n) is 10.1. The number of aromatic nitrogens is 1. The summed E-state index contributed by atoms with van der Waals surface area (Å²) >= 11 is 0. The summed E-state index contributed by atoms with van der Waals surface area (Å²) in [5.74, 6) is 0. The summed E-state index contributed by atoms with van der Waals surface area (Å²) in [6.45, 7) is 4.35. The van der Waals surface area contributed by atoms with Gasteiger partial charge in [0.2, 0.25) is 0 Å². The van der Waals surface area contributed by atoms with Crippen molar-refractivity contribution in [3.63, 3.8) is 0 Å². The van der Waals surface area contributed by atoms with Gasteiger partial charge in [0, 0.05) is 33.4 Å². The summed E-state index contributed by atoms with van der Waals surface area (Å²) in [4.78, 5) is 2.36. The molecule has 9 rings (SSSR count). The Kier molecular flexibility index (Phi) is 7.98. The predicted octanol–water partition coefficient (Wildman–Crippen LogP) is 13.9. The summed E-state index contributed by atoms with van der Waals surface area (Å²) in [7, 11) is 0. The van der Waals surface area contributed by atoms with E-state index in [4.69, 9.17) is 0 Å². The second kappa shape index (κ2) is 13.2. The molecule has 0 unspecified atom stereocenters. The molecule has 0 radical (unpaired) electrons. The van der Waals surface area contributed by atoms with Crippen molar-refractivity contribution in [1.29, 1.82) is 0 Å². The van der Waals surface area contributed by atoms with Crippen molar-refractivity contribution in [2.24, 2.45) is 0 Å². The minimum absolute atomic E-state index is 1.10. The molecule has 0 atom stereocenters. The van der Waals surface area contributed by atoms with Gasteiger partial charge >= 0.3 is 0 Å². The second-order valence-corrected chi connectivity index (χ2v) is 13.6. The number of fused-ring (bicyclic) bond motifs is 3. The van der Waals surface area contributed by atoms with Crippen LogP contribution in [0.3, 0.4) is 0 Å². The molecule has 0 aliphatic carbocycles. The Morgan fingerprint density at radius 3 is 1.35 bits per heavy atom. The second-order valence-electron chi connectivity index (χ2n) is 13.6. The highest BCUT2D eigenvalue weighted by molar-refractivity contribution is 6.10. The van der Waals surface area contributed by atoms with Gasteiger partial charge in [-0.3, -0.25) is 0 Å². The molecule has 9 aromatic rings. The van der Waals surface area contributed by atoms with Crippen molar-refractivity contribution in [3.05, 3.63) is 205 Å². The molecule has 1 aromatic heterocycles. The van der Waals surface area contributed by atoms with Crippen LogP contribution in [0.25, 0.3) is 60.9 Å². The molecule has 0 fully saturated rings. The van der Waals surface area contributed by atoms with Crippen LogP contribution in [0.2, 0.25) is 0 Å². The number of benzene rings is 8. The van der Waals surface area contributed by atoms with Crippen molar-refractivity contribution in [2.45, 2.75) is 13.8 Å². The van der Waals surface area contributed by atoms with Crippen LogP contribution in [0.15, 0.2) is 194 Å². The standard InChI is InChI=1S/C50H38N2/c1-35-20-30-46-47-31-21-36(2)33-50(47)52(49(46)32-35)48-19-10-9-18-45(48)41-16-11-17-44(34-41)51(42-26-22-39(23-27-42)37-12-5-3-6-13-37)43-28-24-40(25-29-43)38-14-7-4-8-15-38/h3-34H,1-2H3. The molecule has 2 nitrogen and oxygen atoms in total. The van der Waals surface area contributed by atoms with E-state index in [9.17, 15) is 0 Å². The highest BCUT2D eigenvalue weighted by atomic mass is 15.1. The normalized spacial score (nSPS) is 11.3. The minimum Gasteiger partial charge on any atom is -0.310 e. The van der Waals surface area contributed by atoms with Crippen molar-refractivity contribution in [3.8, 4) is 39.1 Å². The van der Waals surface area contributed by atoms with Crippen LogP contribution in [-0.2, 0) is 0 Å². The lowest BCUT2D eigenvalue weighted by atomic mass is 10.0. The van der Waals surface area contributed by atoms with E-state index >= 15 is 0 Å². The van der Waals surface area contributed by atoms with Gasteiger partial charge in [0.25, 0.3) is 0 Å². The van der Waals surface area contributed by atoms with E-state index in [0.717, 1.165) is 22.6 Å². The zero-order valence-electron chi connectivity index (χ0n) is 29.4. The van der Waals surface area contributed by atoms with E-state index in [-0.39, 0.29) is 0 Å². The lowest BCUT2D eigenvalue weighted by Crippen LogP contribution is -2.10. The maximum atomic E-state index is 2.45. The topological polar surface area (TPSA) is 8.17 Å². The Bertz CT molecular complexity index is 2530. The van der Waals surface area contributed by atoms with Gasteiger partial charge in [-0.05, 0) is 107 Å². The molecule has 0 N–H and O–H groups in total. The summed E-state index contributed by atoms with van der Waals surface area (Å²) in [5.41, 5.74) is 16.6. The lowest BCUT2D eigenvalue weighted by Gasteiger charge is -2.27. The number of hydrogen-bond donors (Lipinski definition) is 0. The first kappa shape index (κ1) is 31.3. The van der Waals surface area contributed by atoms with Gasteiger partial charge in [-0.25, -0.2) is 0 Å². The van der Waals surface area contributed by atoms with Crippen molar-refractivity contribution in [2.75, 3.05) is 4.90 Å². The number of para-hydroxylation sites is 1. The Morgan fingerprint density at radius 2 is 0.808 bits per heavy atom. The van der Waals surface area contributed by atoms with Gasteiger partial charge in [-0.1, -0.05) is 140 Å². The number of aryl methyl sites for hydroxylation is 2. The van der Waals surface area contributed by atoms with Gasteiger partial charge in [0.05, 0.1) is 16.7 Å². The fourth-order valence-corrected chi connectivity index (χ4v) is 7.54. The average Bonchev–Trinajstić information content (AvgIpc) is 3.51. The predicted molar refractivity (Wildman–Crippen MR) is 221 cm³/mol. The first-order valence-electron chi connectivity index (χ1n) is 17.9. The molecule has 0 aliphatic rings. The summed E-state index contributed by atoms with van der Waals surface area (Å²) < 4.78 is 2.45. The van der Waals surface area contributed by atoms with E-state index in [1.807, 2.05) is 0 Å². The summed E-state index contributed by atoms with van der Waals surface area (Å²) in [6.07, 6.45) is 0. The van der Waals surface area contributed by atoms with Crippen molar-refractivity contribution >= 4 is 38.9 Å². The number of nitrogens with zero attached hydrogens (tertiary/aromatic N) is 2. The average molecular weight is 667 g/mol. The van der Waals surface area contributed by atoms with Gasteiger partial charge < -0.3 is 9.47 Å². The van der Waals surface area contributed by atoms with Gasteiger partial charge in [-0.2, -0.15) is 0 Å². The van der Waals surface area contributed by atoms with Crippen LogP contribution in [0.4, 0.5) is 17.1 Å². The molecule has 2 heteroatoms. The molecule has 0 saturated heterocycles. The van der Waals surface area contributed by atoms with Crippen LogP contribution in [0, 0.1) is 13.8 Å². The van der Waals surface area contributed by atoms with Gasteiger partial charge in [-0.15, -0.1) is 0 Å². The molecular weight excluding hydrogens is 629 g/mol. The SMILES string of the molecule is Cc1ccc2c3ccc(C)cc3n(-c3ccccc3-c3cccc(N(c4ccc(-c5ccccc5)cc4)c4ccc(-c5ccccc5)cc4)c3)c2c1. The lowest BCUT2D eigenvalue weighted by molar-refractivity contribution is 1.17. The van der Waals surface area contributed by atoms with Crippen LogP contribution in [0.1, 0.15) is 11.1 Å². The quantitative estimate of drug-likeness (QED) is 0.164. The van der Waals surface area contributed by atoms with Gasteiger partial charge in [0.15, 0.2) is 0 Å². The fraction of sp³-hybridized carbons (Fsp3) is 0.0400. The number of hydrogen-bond acceptors (Lipinski definition) is 1. The molecule has 1 heterocycles. The highest BCUT2D eigenvalue weighted by Crippen LogP contribution is 2.41. The number of rotatable bonds is 7. The van der Waals surface area contributed by atoms with Crippen LogP contribution in [0.5, 0.6) is 0 Å². The zero-order chi connectivity index (χ0) is 35.0. The third-order valence-corrected chi connectivity index (χ3v) is 10.1. The first-order chi connectivity index (χ1) is 25.6. The molecule has 0 aliphatic heterocycles. The summed E-state index contributed by atoms with van der Waals surface area (Å²) in [6, 6.07) is 70.4. The smallest absolute Gasteiger partial charge is 0.0543 e. The van der Waals surface area contributed by atoms with Crippen LogP contribution < -0.4 is 4.90 Å². The highest BCUT2D eigenvalue weighted by Gasteiger charge is 2.18. The van der Waals surface area contributed by atoms with Crippen molar-refractivity contribution in [1.82, 2.24) is 4.57 Å². The van der Waals surface area contributed by atoms with Crippen LogP contribution >= 0.6 is 0 Å². The molecule has 8 aromatic carbocycles.